The van der Waals surface area contributed by atoms with Crippen LogP contribution in [0.15, 0.2) is 18.2 Å². The Kier molecular flexibility index (Phi) is 7.52. The Morgan fingerprint density at radius 2 is 2.09 bits per heavy atom. The minimum Gasteiger partial charge on any atom is -0.465 e. The van der Waals surface area contributed by atoms with Gasteiger partial charge in [0.1, 0.15) is 5.00 Å². The van der Waals surface area contributed by atoms with Crippen molar-refractivity contribution in [1.82, 2.24) is 9.78 Å². The number of anilines is 2. The van der Waals surface area contributed by atoms with Gasteiger partial charge < -0.3 is 15.4 Å². The summed E-state index contributed by atoms with van der Waals surface area (Å²) in [6.45, 7) is 6.63. The summed E-state index contributed by atoms with van der Waals surface area (Å²) in [7, 11) is 1.41. The maximum atomic E-state index is 12.6. The van der Waals surface area contributed by atoms with Gasteiger partial charge in [-0.15, -0.1) is 11.3 Å². The van der Waals surface area contributed by atoms with Gasteiger partial charge in [0.25, 0.3) is 0 Å². The summed E-state index contributed by atoms with van der Waals surface area (Å²) in [6, 6.07) is 5.43. The van der Waals surface area contributed by atoms with E-state index in [1.54, 1.807) is 17.4 Å². The van der Waals surface area contributed by atoms with Gasteiger partial charge in [-0.1, -0.05) is 36.2 Å². The number of carbonyl (C=O) groups excluding carboxylic acids is 1. The number of nitrogens with one attached hydrogen (secondary N) is 2. The Bertz CT molecular complexity index is 1270. The molecule has 3 aromatic rings. The number of hydrogen-bond acceptors (Lipinski definition) is 5. The molecule has 2 aromatic heterocycles. The quantitative estimate of drug-likeness (QED) is 0.281. The molecular weight excluding hydrogens is 511 g/mol. The molecule has 4 rings (SSSR count). The first kappa shape index (κ1) is 25.0. The van der Waals surface area contributed by atoms with Crippen LogP contribution in [0.25, 0.3) is 0 Å². The highest BCUT2D eigenvalue weighted by molar-refractivity contribution is 7.80. The monoisotopic (exact) mass is 536 g/mol. The van der Waals surface area contributed by atoms with Crippen LogP contribution in [0.2, 0.25) is 10.0 Å². The summed E-state index contributed by atoms with van der Waals surface area (Å²) >= 11 is 19.6. The lowest BCUT2D eigenvalue weighted by molar-refractivity contribution is 0.0601. The topological polar surface area (TPSA) is 68.2 Å². The lowest BCUT2D eigenvalue weighted by atomic mass is 9.88. The van der Waals surface area contributed by atoms with E-state index in [0.29, 0.717) is 33.2 Å². The number of ether oxygens (including phenoxy) is 1. The third-order valence-corrected chi connectivity index (χ3v) is 8.04. The smallest absolute Gasteiger partial charge is 0.341 e. The number of carbonyl (C=O) groups is 1. The number of rotatable bonds is 5. The fourth-order valence-electron chi connectivity index (χ4n) is 4.25. The fourth-order valence-corrected chi connectivity index (χ4v) is 6.39. The van der Waals surface area contributed by atoms with E-state index in [1.807, 2.05) is 30.7 Å². The number of aryl methyl sites for hydroxylation is 1. The molecule has 1 unspecified atom stereocenters. The van der Waals surface area contributed by atoms with E-state index in [-0.39, 0.29) is 5.97 Å². The van der Waals surface area contributed by atoms with Gasteiger partial charge in [-0.25, -0.2) is 4.79 Å². The summed E-state index contributed by atoms with van der Waals surface area (Å²) in [6.07, 6.45) is 2.90. The molecular formula is C24H26Cl2N4O2S2. The number of nitrogens with zero attached hydrogens (tertiary/aromatic N) is 2. The van der Waals surface area contributed by atoms with Crippen LogP contribution >= 0.6 is 46.8 Å². The number of fused-ring (bicyclic) bond motifs is 1. The third kappa shape index (κ3) is 5.10. The average molecular weight is 538 g/mol. The largest absolute Gasteiger partial charge is 0.465 e. The van der Waals surface area contributed by atoms with Crippen LogP contribution in [0, 0.1) is 19.8 Å². The van der Waals surface area contributed by atoms with Crippen LogP contribution in [-0.2, 0) is 24.1 Å². The summed E-state index contributed by atoms with van der Waals surface area (Å²) < 4.78 is 6.95. The Hall–Kier alpha value is -2.13. The molecule has 0 spiro atoms. The highest BCUT2D eigenvalue weighted by atomic mass is 35.5. The highest BCUT2D eigenvalue weighted by Gasteiger charge is 2.28. The minimum atomic E-state index is -0.336. The van der Waals surface area contributed by atoms with Crippen molar-refractivity contribution in [1.29, 1.82) is 0 Å². The molecule has 0 amide bonds. The third-order valence-electron chi connectivity index (χ3n) is 6.08. The number of aromatic nitrogens is 2. The molecule has 2 N–H and O–H groups in total. The predicted octanol–water partition coefficient (Wildman–Crippen LogP) is 6.64. The summed E-state index contributed by atoms with van der Waals surface area (Å²) in [5.74, 6) is 0.261. The molecule has 34 heavy (non-hydrogen) atoms. The Morgan fingerprint density at radius 1 is 1.32 bits per heavy atom. The van der Waals surface area contributed by atoms with Crippen molar-refractivity contribution in [3.05, 3.63) is 61.2 Å². The normalized spacial score (nSPS) is 15.1. The molecule has 1 atom stereocenters. The molecule has 0 bridgehead atoms. The second-order valence-electron chi connectivity index (χ2n) is 8.57. The molecule has 1 aliphatic rings. The summed E-state index contributed by atoms with van der Waals surface area (Å²) in [5, 5.41) is 13.5. The molecule has 10 heteroatoms. The van der Waals surface area contributed by atoms with E-state index >= 15 is 0 Å². The molecule has 180 valence electrons. The van der Waals surface area contributed by atoms with Crippen LogP contribution in [0.5, 0.6) is 0 Å². The van der Waals surface area contributed by atoms with Crippen LogP contribution in [0.4, 0.5) is 10.7 Å². The average Bonchev–Trinajstić information content (AvgIpc) is 3.26. The van der Waals surface area contributed by atoms with E-state index in [2.05, 4.69) is 22.7 Å². The maximum Gasteiger partial charge on any atom is 0.341 e. The SMILES string of the molecule is COC(=O)c1c(NC(=S)Nc2c(C)nn(Cc3ccc(Cl)cc3Cl)c2C)sc2c1CCC(C)C2. The van der Waals surface area contributed by atoms with E-state index in [9.17, 15) is 4.79 Å². The molecule has 0 radical (unpaired) electrons. The first-order valence-electron chi connectivity index (χ1n) is 11.0. The second kappa shape index (κ2) is 10.2. The van der Waals surface area contributed by atoms with Crippen LogP contribution < -0.4 is 10.6 Å². The molecule has 2 heterocycles. The van der Waals surface area contributed by atoms with Gasteiger partial charge in [0.2, 0.25) is 0 Å². The van der Waals surface area contributed by atoms with E-state index in [0.717, 1.165) is 52.5 Å². The number of esters is 1. The maximum absolute atomic E-state index is 12.6. The van der Waals surface area contributed by atoms with Gasteiger partial charge in [0.15, 0.2) is 5.11 Å². The van der Waals surface area contributed by atoms with Crippen molar-refractivity contribution in [3.63, 3.8) is 0 Å². The Balaban J connectivity index is 1.54. The Labute approximate surface area is 218 Å². The predicted molar refractivity (Wildman–Crippen MR) is 144 cm³/mol. The lowest BCUT2D eigenvalue weighted by Crippen LogP contribution is -2.21. The van der Waals surface area contributed by atoms with Gasteiger partial charge in [-0.2, -0.15) is 5.10 Å². The lowest BCUT2D eigenvalue weighted by Gasteiger charge is -2.18. The number of thiophene rings is 1. The van der Waals surface area contributed by atoms with E-state index < -0.39 is 0 Å². The zero-order valence-corrected chi connectivity index (χ0v) is 22.6. The van der Waals surface area contributed by atoms with Crippen LogP contribution in [0.1, 0.15) is 51.1 Å². The van der Waals surface area contributed by atoms with Crippen molar-refractivity contribution in [2.45, 2.75) is 46.6 Å². The summed E-state index contributed by atoms with van der Waals surface area (Å²) in [4.78, 5) is 13.8. The highest BCUT2D eigenvalue weighted by Crippen LogP contribution is 2.40. The number of methoxy groups -OCH3 is 1. The molecule has 0 saturated carbocycles. The first-order chi connectivity index (χ1) is 16.2. The number of benzene rings is 1. The molecule has 6 nitrogen and oxygen atoms in total. The number of hydrogen-bond donors (Lipinski definition) is 2. The number of halogens is 2. The van der Waals surface area contributed by atoms with Crippen molar-refractivity contribution in [3.8, 4) is 0 Å². The van der Waals surface area contributed by atoms with Crippen LogP contribution in [-0.4, -0.2) is 28.0 Å². The van der Waals surface area contributed by atoms with E-state index in [1.165, 1.54) is 12.0 Å². The van der Waals surface area contributed by atoms with Gasteiger partial charge in [-0.05, 0) is 74.5 Å². The van der Waals surface area contributed by atoms with Crippen molar-refractivity contribution in [2.24, 2.45) is 5.92 Å². The van der Waals surface area contributed by atoms with Gasteiger partial charge >= 0.3 is 5.97 Å². The molecule has 0 aliphatic heterocycles. The van der Waals surface area contributed by atoms with Gasteiger partial charge in [-0.3, -0.25) is 4.68 Å². The van der Waals surface area contributed by atoms with Gasteiger partial charge in [0.05, 0.1) is 36.3 Å². The van der Waals surface area contributed by atoms with E-state index in [4.69, 9.17) is 40.2 Å². The first-order valence-corrected chi connectivity index (χ1v) is 12.9. The van der Waals surface area contributed by atoms with Crippen LogP contribution in [0.3, 0.4) is 0 Å². The molecule has 0 saturated heterocycles. The van der Waals surface area contributed by atoms with Crippen molar-refractivity contribution < 1.29 is 9.53 Å². The Morgan fingerprint density at radius 3 is 2.79 bits per heavy atom. The summed E-state index contributed by atoms with van der Waals surface area (Å²) in [5.41, 5.74) is 5.14. The molecule has 1 aromatic carbocycles. The standard InChI is InChI=1S/C24H26Cl2N4O2S2/c1-12-5-8-17-19(9-12)34-22(20(17)23(31)32-4)28-24(33)27-21-13(2)29-30(14(21)3)11-15-6-7-16(25)10-18(15)26/h6-7,10,12H,5,8-9,11H2,1-4H3,(H2,27,28,33). The molecule has 0 fully saturated rings. The van der Waals surface area contributed by atoms with Crippen molar-refractivity contribution >= 4 is 68.5 Å². The fraction of sp³-hybridized carbons (Fsp3) is 0.375. The number of thiocarbonyl (C=S) groups is 1. The second-order valence-corrected chi connectivity index (χ2v) is 10.9. The zero-order valence-electron chi connectivity index (χ0n) is 19.4. The molecule has 1 aliphatic carbocycles. The van der Waals surface area contributed by atoms with Gasteiger partial charge in [0, 0.05) is 14.9 Å². The minimum absolute atomic E-state index is 0.336. The zero-order chi connectivity index (χ0) is 24.6. The van der Waals surface area contributed by atoms with Crippen molar-refractivity contribution in [2.75, 3.05) is 17.7 Å².